The first-order chi connectivity index (χ1) is 34.8. The van der Waals surface area contributed by atoms with Crippen molar-refractivity contribution < 1.29 is 77.8 Å². The fraction of sp³-hybridized carbons (Fsp3) is 0.549. The second-order valence-corrected chi connectivity index (χ2v) is 19.1. The van der Waals surface area contributed by atoms with E-state index in [0.717, 1.165) is 24.0 Å². The van der Waals surface area contributed by atoms with Crippen molar-refractivity contribution in [2.45, 2.75) is 134 Å². The Morgan fingerprint density at radius 1 is 0.824 bits per heavy atom. The average Bonchev–Trinajstić information content (AvgIpc) is 3.37. The lowest BCUT2D eigenvalue weighted by molar-refractivity contribution is -0.160. The summed E-state index contributed by atoms with van der Waals surface area (Å²) < 4.78 is 16.9. The molecule has 10 N–H and O–H groups in total. The molecular formula is C51H71N7O16. The van der Waals surface area contributed by atoms with Crippen LogP contribution in [0, 0.1) is 17.8 Å². The molecule has 4 bridgehead atoms. The summed E-state index contributed by atoms with van der Waals surface area (Å²) in [5.41, 5.74) is -1.53. The second kappa shape index (κ2) is 26.8. The lowest BCUT2D eigenvalue weighted by Gasteiger charge is -2.34. The number of aliphatic hydroxyl groups is 4. The Morgan fingerprint density at radius 2 is 1.45 bits per heavy atom. The number of likely N-dealkylation sites (N-methyl/N-ethyl adjacent to an activating group) is 1. The molecule has 7 amide bonds. The van der Waals surface area contributed by atoms with Crippen LogP contribution in [-0.4, -0.2) is 166 Å². The average molecular weight is 1040 g/mol. The van der Waals surface area contributed by atoms with Gasteiger partial charge in [0.15, 0.2) is 6.04 Å². The molecule has 2 unspecified atom stereocenters. The molecule has 0 aliphatic carbocycles. The van der Waals surface area contributed by atoms with Crippen LogP contribution in [0.25, 0.3) is 0 Å². The highest BCUT2D eigenvalue weighted by molar-refractivity contribution is 5.98. The molecule has 3 heterocycles. The highest BCUT2D eigenvalue weighted by atomic mass is 16.6. The number of carbonyl (C=O) groups is 9. The Bertz CT molecular complexity index is 2350. The summed E-state index contributed by atoms with van der Waals surface area (Å²) in [6.07, 6.45) is -3.96. The quantitative estimate of drug-likeness (QED) is 0.122. The van der Waals surface area contributed by atoms with Crippen molar-refractivity contribution in [3.8, 4) is 5.75 Å². The van der Waals surface area contributed by atoms with Crippen molar-refractivity contribution in [1.29, 1.82) is 0 Å². The molecule has 5 rings (SSSR count). The van der Waals surface area contributed by atoms with Crippen LogP contribution < -0.4 is 36.6 Å². The molecule has 0 radical (unpaired) electrons. The van der Waals surface area contributed by atoms with Gasteiger partial charge in [-0.15, -0.1) is 0 Å². The summed E-state index contributed by atoms with van der Waals surface area (Å²) in [6, 6.07) is 3.76. The Labute approximate surface area is 429 Å². The minimum atomic E-state index is -2.19. The topological polar surface area (TPSA) is 338 Å². The summed E-state index contributed by atoms with van der Waals surface area (Å²) >= 11 is 0. The summed E-state index contributed by atoms with van der Waals surface area (Å²) in [4.78, 5) is 128. The van der Waals surface area contributed by atoms with Gasteiger partial charge in [-0.2, -0.15) is 0 Å². The molecule has 3 aliphatic heterocycles. The molecule has 0 spiro atoms. The molecule has 2 aromatic carbocycles. The predicted molar refractivity (Wildman–Crippen MR) is 264 cm³/mol. The zero-order valence-electron chi connectivity index (χ0n) is 43.0. The third kappa shape index (κ3) is 15.8. The van der Waals surface area contributed by atoms with Gasteiger partial charge in [0.25, 0.3) is 0 Å². The fourth-order valence-electron chi connectivity index (χ4n) is 7.92. The van der Waals surface area contributed by atoms with E-state index in [1.54, 1.807) is 58.0 Å². The first kappa shape index (κ1) is 59.6. The van der Waals surface area contributed by atoms with Gasteiger partial charge in [0.2, 0.25) is 41.4 Å². The highest BCUT2D eigenvalue weighted by Gasteiger charge is 2.42. The summed E-state index contributed by atoms with van der Waals surface area (Å²) in [5, 5.41) is 58.3. The Balaban J connectivity index is 2.03. The Kier molecular flexibility index (Phi) is 21.6. The van der Waals surface area contributed by atoms with Gasteiger partial charge in [0.1, 0.15) is 66.9 Å². The normalized spacial score (nSPS) is 28.5. The van der Waals surface area contributed by atoms with Crippen molar-refractivity contribution in [3.05, 3.63) is 77.9 Å². The number of fused-ring (bicyclic) bond motifs is 11. The number of amides is 7. The van der Waals surface area contributed by atoms with Crippen LogP contribution in [0.15, 0.2) is 66.7 Å². The number of ether oxygens (including phenoxy) is 3. The molecule has 0 aromatic heterocycles. The summed E-state index contributed by atoms with van der Waals surface area (Å²) in [6.45, 7) is 9.05. The maximum atomic E-state index is 15.1. The molecule has 406 valence electrons. The first-order valence-corrected chi connectivity index (χ1v) is 24.4. The second-order valence-electron chi connectivity index (χ2n) is 19.1. The lowest BCUT2D eigenvalue weighted by Crippen LogP contribution is -2.61. The van der Waals surface area contributed by atoms with E-state index >= 15 is 4.79 Å². The van der Waals surface area contributed by atoms with Gasteiger partial charge >= 0.3 is 11.9 Å². The van der Waals surface area contributed by atoms with Crippen LogP contribution >= 0.6 is 0 Å². The molecule has 0 saturated carbocycles. The highest BCUT2D eigenvalue weighted by Crippen LogP contribution is 2.26. The smallest absolute Gasteiger partial charge is 0.332 e. The number of benzene rings is 2. The minimum absolute atomic E-state index is 0.0801. The van der Waals surface area contributed by atoms with Gasteiger partial charge in [-0.3, -0.25) is 38.4 Å². The largest absolute Gasteiger partial charge is 0.487 e. The van der Waals surface area contributed by atoms with Crippen LogP contribution in [0.3, 0.4) is 0 Å². The number of carbonyl (C=O) groups excluding carboxylic acids is 9. The standard InChI is InChI=1S/C51H71N7O16/c1-10-27(4)39-46(66)57-42-33-16-18-34(19-17-33)74-31(8)51(71,25-59)21-20-37(61)52-23-38(62)72-24-35(50(70)73-30(7)41(48(68)54-39)56-44(64)28(5)43(63)26(2)3)53-47(67)40(29(6)60)55-45(65)36(58(9)49(42)69)22-32-14-12-11-13-15-32/h11-21,26-31,35-36,39-43,59-60,63,71H,10,22-25H2,1-9H3,(H,52,61)(H,53,67)(H,54,68)(H,55,65)(H,56,64)(H,57,66)/b21-20+/t27?,28-,29?,30-,31-,35+,36+,39-,40-,41+,42+,43-,51+/m1/s1. The SMILES string of the molecule is CCC(C)[C@H]1NC(=O)[C@@H](NC(=O)[C@H](C)[C@H](O)C(C)C)[C@@H](C)OC(=O)[C@@H]2COC(=O)CNC(=O)/C=C/[C@](O)(CO)[C@@H](C)Oc3ccc(cc3)[C@H](NC1=O)C(=O)N(C)[C@@H](Cc1ccccc1)C(=O)N[C@H](C(C)O)C(=O)N2. The number of cyclic esters (lactones) is 1. The number of nitrogens with one attached hydrogen (secondary N) is 6. The van der Waals surface area contributed by atoms with E-state index in [2.05, 4.69) is 31.9 Å². The molecule has 1 saturated heterocycles. The van der Waals surface area contributed by atoms with Gasteiger partial charge < -0.3 is 71.4 Å². The van der Waals surface area contributed by atoms with Crippen LogP contribution in [0.4, 0.5) is 0 Å². The molecule has 23 heteroatoms. The minimum Gasteiger partial charge on any atom is -0.487 e. The van der Waals surface area contributed by atoms with Crippen molar-refractivity contribution in [3.63, 3.8) is 0 Å². The van der Waals surface area contributed by atoms with E-state index in [9.17, 15) is 58.8 Å². The third-order valence-electron chi connectivity index (χ3n) is 13.2. The zero-order chi connectivity index (χ0) is 55.2. The van der Waals surface area contributed by atoms with Crippen LogP contribution in [-0.2, 0) is 59.0 Å². The van der Waals surface area contributed by atoms with Gasteiger partial charge in [-0.25, -0.2) is 4.79 Å². The Morgan fingerprint density at radius 3 is 2.04 bits per heavy atom. The van der Waals surface area contributed by atoms with Gasteiger partial charge in [0, 0.05) is 19.5 Å². The van der Waals surface area contributed by atoms with E-state index in [1.165, 1.54) is 52.1 Å². The zero-order valence-corrected chi connectivity index (χ0v) is 43.0. The molecule has 74 heavy (non-hydrogen) atoms. The third-order valence-corrected chi connectivity index (χ3v) is 13.2. The van der Waals surface area contributed by atoms with Crippen LogP contribution in [0.2, 0.25) is 0 Å². The molecule has 23 nitrogen and oxygen atoms in total. The van der Waals surface area contributed by atoms with E-state index in [0.29, 0.717) is 5.56 Å². The number of hydrogen-bond acceptors (Lipinski definition) is 16. The van der Waals surface area contributed by atoms with E-state index in [1.807, 2.05) is 0 Å². The van der Waals surface area contributed by atoms with E-state index in [4.69, 9.17) is 14.2 Å². The maximum Gasteiger partial charge on any atom is 0.332 e. The Hall–Kier alpha value is -6.95. The van der Waals surface area contributed by atoms with Crippen LogP contribution in [0.1, 0.15) is 79.0 Å². The molecular weight excluding hydrogens is 967 g/mol. The van der Waals surface area contributed by atoms with Crippen molar-refractivity contribution >= 4 is 53.3 Å². The van der Waals surface area contributed by atoms with Crippen LogP contribution in [0.5, 0.6) is 5.75 Å². The van der Waals surface area contributed by atoms with Crippen molar-refractivity contribution in [2.75, 3.05) is 26.8 Å². The van der Waals surface area contributed by atoms with Gasteiger partial charge in [-0.1, -0.05) is 83.5 Å². The monoisotopic (exact) mass is 1040 g/mol. The molecule has 1 fully saturated rings. The van der Waals surface area contributed by atoms with Crippen molar-refractivity contribution in [2.24, 2.45) is 17.8 Å². The molecule has 13 atom stereocenters. The maximum absolute atomic E-state index is 15.1. The first-order valence-electron chi connectivity index (χ1n) is 24.4. The fourth-order valence-corrected chi connectivity index (χ4v) is 7.92. The molecule has 2 aromatic rings. The number of aliphatic hydroxyl groups excluding tert-OH is 3. The van der Waals surface area contributed by atoms with Crippen molar-refractivity contribution in [1.82, 2.24) is 36.8 Å². The van der Waals surface area contributed by atoms with Gasteiger partial charge in [0.05, 0.1) is 24.7 Å². The number of nitrogens with zero attached hydrogens (tertiary/aromatic N) is 1. The number of esters is 2. The van der Waals surface area contributed by atoms with E-state index < -0.39 is 157 Å². The predicted octanol–water partition coefficient (Wildman–Crippen LogP) is -1.40. The summed E-state index contributed by atoms with van der Waals surface area (Å²) in [5.74, 6) is -11.6. The number of hydrogen-bond donors (Lipinski definition) is 10. The van der Waals surface area contributed by atoms with E-state index in [-0.39, 0.29) is 24.2 Å². The molecule has 3 aliphatic rings. The van der Waals surface area contributed by atoms with Gasteiger partial charge in [-0.05, 0) is 61.9 Å². The lowest BCUT2D eigenvalue weighted by atomic mass is 9.93. The number of rotatable bonds is 10. The summed E-state index contributed by atoms with van der Waals surface area (Å²) in [7, 11) is 1.28.